The second kappa shape index (κ2) is 10.9. The van der Waals surface area contributed by atoms with E-state index in [-0.39, 0.29) is 5.97 Å². The molecular weight excluding hydrogens is 352 g/mol. The number of esters is 1. The van der Waals surface area contributed by atoms with Gasteiger partial charge in [-0.15, -0.1) is 0 Å². The maximum Gasteiger partial charge on any atom is 0.305 e. The number of hydrogen-bond acceptors (Lipinski definition) is 4. The van der Waals surface area contributed by atoms with Gasteiger partial charge in [0.25, 0.3) is 0 Å². The van der Waals surface area contributed by atoms with E-state index < -0.39 is 0 Å². The lowest BCUT2D eigenvalue weighted by Crippen LogP contribution is -2.52. The van der Waals surface area contributed by atoms with Crippen LogP contribution in [-0.4, -0.2) is 63.2 Å². The van der Waals surface area contributed by atoms with Crippen LogP contribution in [0.25, 0.3) is 0 Å². The van der Waals surface area contributed by atoms with Gasteiger partial charge in [0.1, 0.15) is 0 Å². The highest BCUT2D eigenvalue weighted by Crippen LogP contribution is 2.20. The number of guanidine groups is 1. The number of nitrogens with zero attached hydrogens (tertiary/aromatic N) is 3. The number of nitrogens with one attached hydrogen (secondary N) is 1. The number of piperazine rings is 1. The lowest BCUT2D eigenvalue weighted by molar-refractivity contribution is -0.140. The van der Waals surface area contributed by atoms with Crippen molar-refractivity contribution in [1.29, 1.82) is 0 Å². The number of halogens is 1. The largest absolute Gasteiger partial charge is 0.469 e. The molecule has 6 nitrogen and oxygen atoms in total. The van der Waals surface area contributed by atoms with Gasteiger partial charge >= 0.3 is 5.97 Å². The molecule has 0 spiro atoms. The van der Waals surface area contributed by atoms with Crippen molar-refractivity contribution in [2.75, 3.05) is 51.3 Å². The summed E-state index contributed by atoms with van der Waals surface area (Å²) in [6, 6.07) is 8.00. The van der Waals surface area contributed by atoms with Gasteiger partial charge in [-0.3, -0.25) is 9.79 Å². The zero-order valence-electron chi connectivity index (χ0n) is 15.7. The number of rotatable bonds is 7. The highest BCUT2D eigenvalue weighted by Gasteiger charge is 2.19. The molecule has 1 aromatic rings. The van der Waals surface area contributed by atoms with E-state index in [9.17, 15) is 4.79 Å². The SMILES string of the molecule is CCNC(=NCCCCC(=O)OC)N1CCN(c2cccc(Cl)c2)CC1. The van der Waals surface area contributed by atoms with Gasteiger partial charge in [-0.25, -0.2) is 0 Å². The Morgan fingerprint density at radius 3 is 2.69 bits per heavy atom. The summed E-state index contributed by atoms with van der Waals surface area (Å²) in [6.45, 7) is 7.35. The van der Waals surface area contributed by atoms with Crippen LogP contribution in [0.5, 0.6) is 0 Å². The van der Waals surface area contributed by atoms with Crippen LogP contribution >= 0.6 is 11.6 Å². The summed E-state index contributed by atoms with van der Waals surface area (Å²) in [6.07, 6.45) is 2.14. The summed E-state index contributed by atoms with van der Waals surface area (Å²) in [7, 11) is 1.42. The molecule has 0 bridgehead atoms. The van der Waals surface area contributed by atoms with E-state index in [1.54, 1.807) is 0 Å². The first-order chi connectivity index (χ1) is 12.6. The number of methoxy groups -OCH3 is 1. The maximum absolute atomic E-state index is 11.1. The molecule has 0 aliphatic carbocycles. The Labute approximate surface area is 161 Å². The van der Waals surface area contributed by atoms with Crippen LogP contribution in [0, 0.1) is 0 Å². The zero-order chi connectivity index (χ0) is 18.8. The van der Waals surface area contributed by atoms with E-state index in [0.29, 0.717) is 13.0 Å². The molecule has 0 unspecified atom stereocenters. The van der Waals surface area contributed by atoms with Crippen molar-refractivity contribution < 1.29 is 9.53 Å². The third-order valence-electron chi connectivity index (χ3n) is 4.37. The number of aliphatic imine (C=N–C) groups is 1. The zero-order valence-corrected chi connectivity index (χ0v) is 16.5. The van der Waals surface area contributed by atoms with Gasteiger partial charge in [-0.2, -0.15) is 0 Å². The summed E-state index contributed by atoms with van der Waals surface area (Å²) in [5.41, 5.74) is 1.17. The van der Waals surface area contributed by atoms with Crippen molar-refractivity contribution in [3.8, 4) is 0 Å². The number of carbonyl (C=O) groups excluding carboxylic acids is 1. The fourth-order valence-corrected chi connectivity index (χ4v) is 3.13. The summed E-state index contributed by atoms with van der Waals surface area (Å²) in [4.78, 5) is 20.5. The van der Waals surface area contributed by atoms with Crippen LogP contribution in [0.3, 0.4) is 0 Å². The second-order valence-electron chi connectivity index (χ2n) is 6.22. The van der Waals surface area contributed by atoms with Crippen molar-refractivity contribution in [2.24, 2.45) is 4.99 Å². The molecule has 26 heavy (non-hydrogen) atoms. The lowest BCUT2D eigenvalue weighted by Gasteiger charge is -2.37. The number of unbranched alkanes of at least 4 members (excludes halogenated alkanes) is 1. The van der Waals surface area contributed by atoms with Gasteiger partial charge in [0, 0.05) is 56.4 Å². The molecule has 0 amide bonds. The van der Waals surface area contributed by atoms with E-state index in [2.05, 4.69) is 32.8 Å². The van der Waals surface area contributed by atoms with Crippen molar-refractivity contribution in [1.82, 2.24) is 10.2 Å². The van der Waals surface area contributed by atoms with Gasteiger partial charge < -0.3 is 19.9 Å². The monoisotopic (exact) mass is 380 g/mol. The Morgan fingerprint density at radius 1 is 1.27 bits per heavy atom. The number of anilines is 1. The fraction of sp³-hybridized carbons (Fsp3) is 0.579. The molecule has 144 valence electrons. The van der Waals surface area contributed by atoms with E-state index in [1.165, 1.54) is 12.8 Å². The number of carbonyl (C=O) groups is 1. The fourth-order valence-electron chi connectivity index (χ4n) is 2.94. The smallest absolute Gasteiger partial charge is 0.305 e. The topological polar surface area (TPSA) is 57.2 Å². The van der Waals surface area contributed by atoms with Crippen LogP contribution in [0.4, 0.5) is 5.69 Å². The molecule has 0 radical (unpaired) electrons. The average molecular weight is 381 g/mol. The quantitative estimate of drug-likeness (QED) is 0.341. The van der Waals surface area contributed by atoms with Gasteiger partial charge in [-0.05, 0) is 38.0 Å². The molecular formula is C19H29ClN4O2. The molecule has 1 N–H and O–H groups in total. The highest BCUT2D eigenvalue weighted by molar-refractivity contribution is 6.30. The van der Waals surface area contributed by atoms with Crippen LogP contribution < -0.4 is 10.2 Å². The van der Waals surface area contributed by atoms with Crippen molar-refractivity contribution in [3.05, 3.63) is 29.3 Å². The number of benzene rings is 1. The first-order valence-electron chi connectivity index (χ1n) is 9.24. The van der Waals surface area contributed by atoms with Gasteiger partial charge in [0.15, 0.2) is 5.96 Å². The van der Waals surface area contributed by atoms with Crippen LogP contribution in [0.1, 0.15) is 26.2 Å². The third kappa shape index (κ3) is 6.41. The second-order valence-corrected chi connectivity index (χ2v) is 6.66. The predicted octanol–water partition coefficient (Wildman–Crippen LogP) is 2.77. The molecule has 1 saturated heterocycles. The Balaban J connectivity index is 1.83. The van der Waals surface area contributed by atoms with E-state index in [1.807, 2.05) is 18.2 Å². The molecule has 0 aromatic heterocycles. The molecule has 1 aliphatic rings. The standard InChI is InChI=1S/C19H29ClN4O2/c1-3-21-19(22-10-5-4-9-18(25)26-2)24-13-11-23(12-14-24)17-8-6-7-16(20)15-17/h6-8,15H,3-5,9-14H2,1-2H3,(H,21,22). The summed E-state index contributed by atoms with van der Waals surface area (Å²) in [5.74, 6) is 0.800. The molecule has 0 saturated carbocycles. The maximum atomic E-state index is 11.1. The minimum atomic E-state index is -0.155. The summed E-state index contributed by atoms with van der Waals surface area (Å²) in [5, 5.41) is 4.14. The summed E-state index contributed by atoms with van der Waals surface area (Å²) >= 11 is 6.10. The Kier molecular flexibility index (Phi) is 8.54. The molecule has 1 aromatic carbocycles. The number of ether oxygens (including phenoxy) is 1. The van der Waals surface area contributed by atoms with Crippen LogP contribution in [0.15, 0.2) is 29.3 Å². The lowest BCUT2D eigenvalue weighted by atomic mass is 10.2. The molecule has 1 heterocycles. The molecule has 7 heteroatoms. The Bertz CT molecular complexity index is 601. The first-order valence-corrected chi connectivity index (χ1v) is 9.62. The van der Waals surface area contributed by atoms with Crippen molar-refractivity contribution >= 4 is 29.2 Å². The van der Waals surface area contributed by atoms with E-state index in [0.717, 1.165) is 56.5 Å². The summed E-state index contributed by atoms with van der Waals surface area (Å²) < 4.78 is 4.66. The molecule has 0 atom stereocenters. The van der Waals surface area contributed by atoms with Crippen LogP contribution in [-0.2, 0) is 9.53 Å². The van der Waals surface area contributed by atoms with E-state index in [4.69, 9.17) is 16.6 Å². The van der Waals surface area contributed by atoms with E-state index >= 15 is 0 Å². The van der Waals surface area contributed by atoms with Crippen LogP contribution in [0.2, 0.25) is 5.02 Å². The Hall–Kier alpha value is -1.95. The van der Waals surface area contributed by atoms with Gasteiger partial charge in [-0.1, -0.05) is 17.7 Å². The molecule has 1 aliphatic heterocycles. The van der Waals surface area contributed by atoms with Gasteiger partial charge in [0.05, 0.1) is 7.11 Å². The molecule has 1 fully saturated rings. The van der Waals surface area contributed by atoms with Crippen molar-refractivity contribution in [3.63, 3.8) is 0 Å². The highest BCUT2D eigenvalue weighted by atomic mass is 35.5. The van der Waals surface area contributed by atoms with Gasteiger partial charge in [0.2, 0.25) is 0 Å². The number of hydrogen-bond donors (Lipinski definition) is 1. The normalized spacial score (nSPS) is 15.1. The minimum absolute atomic E-state index is 0.155. The first kappa shape index (κ1) is 20.4. The average Bonchev–Trinajstić information content (AvgIpc) is 2.67. The van der Waals surface area contributed by atoms with Crippen molar-refractivity contribution in [2.45, 2.75) is 26.2 Å². The Morgan fingerprint density at radius 2 is 2.04 bits per heavy atom. The predicted molar refractivity (Wildman–Crippen MR) is 107 cm³/mol. The third-order valence-corrected chi connectivity index (χ3v) is 4.60. The molecule has 2 rings (SSSR count). The minimum Gasteiger partial charge on any atom is -0.469 e.